The fourth-order valence-electron chi connectivity index (χ4n) is 4.16. The van der Waals surface area contributed by atoms with E-state index < -0.39 is 8.07 Å². The van der Waals surface area contributed by atoms with Crippen LogP contribution in [-0.2, 0) is 6.04 Å². The number of allylic oxidation sites excluding steroid dienone is 4. The third-order valence-corrected chi connectivity index (χ3v) is 10.5. The molecule has 128 valence electrons. The van der Waals surface area contributed by atoms with Gasteiger partial charge >= 0.3 is 0 Å². The molecule has 1 aliphatic carbocycles. The van der Waals surface area contributed by atoms with Crippen LogP contribution in [0, 0.1) is 0 Å². The summed E-state index contributed by atoms with van der Waals surface area (Å²) in [6, 6.07) is 34.5. The highest BCUT2D eigenvalue weighted by atomic mass is 28.3. The Bertz CT molecular complexity index is 882. The zero-order valence-electron chi connectivity index (χ0n) is 15.2. The molecule has 0 saturated carbocycles. The van der Waals surface area contributed by atoms with Gasteiger partial charge in [0.25, 0.3) is 0 Å². The molecule has 0 aliphatic heterocycles. The van der Waals surface area contributed by atoms with Crippen LogP contribution in [0.1, 0.15) is 18.9 Å². The van der Waals surface area contributed by atoms with Crippen molar-refractivity contribution in [3.63, 3.8) is 0 Å². The predicted octanol–water partition coefficient (Wildman–Crippen LogP) is 4.85. The normalized spacial score (nSPS) is 14.0. The summed E-state index contributed by atoms with van der Waals surface area (Å²) in [4.78, 5) is 0. The smallest absolute Gasteiger partial charge is 0.0779 e. The summed E-state index contributed by atoms with van der Waals surface area (Å²) in [5, 5.41) is 4.63. The van der Waals surface area contributed by atoms with Crippen molar-refractivity contribution in [2.45, 2.75) is 19.4 Å². The number of rotatable bonds is 5. The van der Waals surface area contributed by atoms with E-state index in [1.54, 1.807) is 5.20 Å². The summed E-state index contributed by atoms with van der Waals surface area (Å²) < 4.78 is 0. The van der Waals surface area contributed by atoms with Gasteiger partial charge < -0.3 is 0 Å². The molecule has 3 aromatic rings. The third-order valence-electron chi connectivity index (χ3n) is 5.44. The van der Waals surface area contributed by atoms with E-state index in [1.165, 1.54) is 21.5 Å². The standard InChI is InChI=1S/C25H24Si/c1-21-17-18-25(19-21)26(23-13-7-3-8-14-23,24-15-9-4-10-16-24)20-22-11-5-2-6-12-22/h2-17,19H,18,20H2,1H3. The van der Waals surface area contributed by atoms with Gasteiger partial charge in [-0.3, -0.25) is 0 Å². The molecule has 4 rings (SSSR count). The van der Waals surface area contributed by atoms with Crippen LogP contribution in [0.4, 0.5) is 0 Å². The van der Waals surface area contributed by atoms with E-state index in [0.717, 1.165) is 12.5 Å². The predicted molar refractivity (Wildman–Crippen MR) is 115 cm³/mol. The third kappa shape index (κ3) is 3.11. The van der Waals surface area contributed by atoms with Crippen molar-refractivity contribution in [2.75, 3.05) is 0 Å². The average Bonchev–Trinajstić information content (AvgIpc) is 3.15. The Morgan fingerprint density at radius 3 is 1.65 bits per heavy atom. The Morgan fingerprint density at radius 1 is 0.692 bits per heavy atom. The molecule has 0 atom stereocenters. The highest BCUT2D eigenvalue weighted by Gasteiger charge is 2.41. The lowest BCUT2D eigenvalue weighted by Crippen LogP contribution is -2.62. The SMILES string of the molecule is CC1=CCC([Si](Cc2ccccc2)(c2ccccc2)c2ccccc2)=C1. The maximum absolute atomic E-state index is 2.45. The highest BCUT2D eigenvalue weighted by molar-refractivity contribution is 7.07. The Kier molecular flexibility index (Phi) is 4.72. The molecule has 1 aliphatic rings. The Hall–Kier alpha value is -2.64. The van der Waals surface area contributed by atoms with Gasteiger partial charge in [-0.2, -0.15) is 0 Å². The molecule has 0 radical (unpaired) electrons. The molecule has 0 N–H and O–H groups in total. The van der Waals surface area contributed by atoms with Crippen LogP contribution >= 0.6 is 0 Å². The number of benzene rings is 3. The van der Waals surface area contributed by atoms with Crippen molar-refractivity contribution < 1.29 is 0 Å². The van der Waals surface area contributed by atoms with Crippen LogP contribution < -0.4 is 10.4 Å². The molecule has 0 fully saturated rings. The van der Waals surface area contributed by atoms with E-state index in [0.29, 0.717) is 0 Å². The summed E-state index contributed by atoms with van der Waals surface area (Å²) >= 11 is 0. The fourth-order valence-corrected chi connectivity index (χ4v) is 9.17. The molecule has 3 aromatic carbocycles. The van der Waals surface area contributed by atoms with Crippen molar-refractivity contribution in [3.05, 3.63) is 119 Å². The van der Waals surface area contributed by atoms with Crippen molar-refractivity contribution in [2.24, 2.45) is 0 Å². The second-order valence-corrected chi connectivity index (χ2v) is 11.1. The van der Waals surface area contributed by atoms with Crippen molar-refractivity contribution >= 4 is 18.4 Å². The molecule has 0 spiro atoms. The summed E-state index contributed by atoms with van der Waals surface area (Å²) in [7, 11) is -2.09. The van der Waals surface area contributed by atoms with Gasteiger partial charge in [-0.1, -0.05) is 114 Å². The van der Waals surface area contributed by atoms with E-state index >= 15 is 0 Å². The van der Waals surface area contributed by atoms with Crippen LogP contribution in [0.2, 0.25) is 0 Å². The van der Waals surface area contributed by atoms with Gasteiger partial charge in [0.1, 0.15) is 8.07 Å². The first-order valence-electron chi connectivity index (χ1n) is 9.32. The minimum atomic E-state index is -2.09. The molecule has 0 saturated heterocycles. The molecule has 1 heteroatoms. The summed E-state index contributed by atoms with van der Waals surface area (Å²) in [5.41, 5.74) is 2.83. The molecular weight excluding hydrogens is 328 g/mol. The van der Waals surface area contributed by atoms with E-state index in [9.17, 15) is 0 Å². The van der Waals surface area contributed by atoms with E-state index in [2.05, 4.69) is 110 Å². The van der Waals surface area contributed by atoms with E-state index in [-0.39, 0.29) is 0 Å². The Labute approximate surface area is 157 Å². The lowest BCUT2D eigenvalue weighted by molar-refractivity contribution is 1.28. The summed E-state index contributed by atoms with van der Waals surface area (Å²) in [6.07, 6.45) is 5.91. The first-order valence-corrected chi connectivity index (χ1v) is 11.5. The molecule has 0 bridgehead atoms. The lowest BCUT2D eigenvalue weighted by atomic mass is 10.2. The van der Waals surface area contributed by atoms with Crippen LogP contribution in [0.5, 0.6) is 0 Å². The van der Waals surface area contributed by atoms with Gasteiger partial charge in [-0.25, -0.2) is 0 Å². The van der Waals surface area contributed by atoms with Gasteiger partial charge in [0.05, 0.1) is 0 Å². The molecular formula is C25H24Si. The van der Waals surface area contributed by atoms with Crippen LogP contribution in [0.3, 0.4) is 0 Å². The van der Waals surface area contributed by atoms with Crippen LogP contribution in [0.25, 0.3) is 0 Å². The van der Waals surface area contributed by atoms with E-state index in [4.69, 9.17) is 0 Å². The van der Waals surface area contributed by atoms with Crippen molar-refractivity contribution in [3.8, 4) is 0 Å². The number of hydrogen-bond acceptors (Lipinski definition) is 0. The zero-order chi connectivity index (χ0) is 17.8. The number of hydrogen-bond donors (Lipinski definition) is 0. The molecule has 0 amide bonds. The van der Waals surface area contributed by atoms with Crippen LogP contribution in [0.15, 0.2) is 114 Å². The Balaban J connectivity index is 1.96. The van der Waals surface area contributed by atoms with Crippen LogP contribution in [-0.4, -0.2) is 8.07 Å². The molecule has 26 heavy (non-hydrogen) atoms. The molecule has 0 nitrogen and oxygen atoms in total. The second-order valence-electron chi connectivity index (χ2n) is 7.12. The first-order chi connectivity index (χ1) is 12.8. The van der Waals surface area contributed by atoms with Gasteiger partial charge in [0.15, 0.2) is 0 Å². The van der Waals surface area contributed by atoms with E-state index in [1.807, 2.05) is 0 Å². The molecule has 0 heterocycles. The average molecular weight is 353 g/mol. The largest absolute Gasteiger partial charge is 0.148 e. The Morgan fingerprint density at radius 2 is 1.19 bits per heavy atom. The van der Waals surface area contributed by atoms with Gasteiger partial charge in [0.2, 0.25) is 0 Å². The first kappa shape index (κ1) is 16.8. The highest BCUT2D eigenvalue weighted by Crippen LogP contribution is 2.29. The molecule has 0 aromatic heterocycles. The fraction of sp³-hybridized carbons (Fsp3) is 0.120. The van der Waals surface area contributed by atoms with Crippen molar-refractivity contribution in [1.29, 1.82) is 0 Å². The quantitative estimate of drug-likeness (QED) is 0.576. The minimum Gasteiger partial charge on any atom is -0.0779 e. The topological polar surface area (TPSA) is 0 Å². The maximum atomic E-state index is 2.45. The monoisotopic (exact) mass is 352 g/mol. The molecule has 0 unspecified atom stereocenters. The minimum absolute atomic E-state index is 1.08. The van der Waals surface area contributed by atoms with Gasteiger partial charge in [-0.15, -0.1) is 0 Å². The maximum Gasteiger partial charge on any atom is 0.148 e. The second kappa shape index (κ2) is 7.31. The zero-order valence-corrected chi connectivity index (χ0v) is 16.2. The van der Waals surface area contributed by atoms with Gasteiger partial charge in [-0.05, 0) is 35.3 Å². The summed E-state index contributed by atoms with van der Waals surface area (Å²) in [6.45, 7) is 2.23. The summed E-state index contributed by atoms with van der Waals surface area (Å²) in [5.74, 6) is 0. The van der Waals surface area contributed by atoms with Crippen molar-refractivity contribution in [1.82, 2.24) is 0 Å². The van der Waals surface area contributed by atoms with Gasteiger partial charge in [0, 0.05) is 0 Å². The lowest BCUT2D eigenvalue weighted by Gasteiger charge is -2.35.